The van der Waals surface area contributed by atoms with Gasteiger partial charge in [0.25, 0.3) is 0 Å². The molecular weight excluding hydrogens is 197 g/mol. The molecule has 0 aliphatic carbocycles. The lowest BCUT2D eigenvalue weighted by molar-refractivity contribution is 0.0722. The van der Waals surface area contributed by atoms with Crippen LogP contribution in [0, 0.1) is 5.82 Å². The Balaban J connectivity index is 2.41. The molecule has 15 heavy (non-hydrogen) atoms. The number of hydrogen-bond acceptors (Lipinski definition) is 3. The number of aliphatic hydroxyl groups is 1. The maximum absolute atomic E-state index is 12.6. The molecule has 0 spiro atoms. The van der Waals surface area contributed by atoms with Crippen molar-refractivity contribution in [3.05, 3.63) is 54.0 Å². The highest BCUT2D eigenvalue weighted by atomic mass is 19.1. The van der Waals surface area contributed by atoms with Crippen molar-refractivity contribution in [3.63, 3.8) is 0 Å². The van der Waals surface area contributed by atoms with E-state index in [1.807, 2.05) is 0 Å². The molecule has 78 valence electrons. The summed E-state index contributed by atoms with van der Waals surface area (Å²) in [5.74, 6) is -0.0596. The van der Waals surface area contributed by atoms with E-state index in [0.29, 0.717) is 11.5 Å². The van der Waals surface area contributed by atoms with Gasteiger partial charge in [-0.2, -0.15) is 0 Å². The van der Waals surface area contributed by atoms with Crippen LogP contribution in [0.25, 0.3) is 0 Å². The molecule has 0 saturated heterocycles. The number of pyridine rings is 1. The summed E-state index contributed by atoms with van der Waals surface area (Å²) in [6.45, 7) is 1.55. The third-order valence-corrected chi connectivity index (χ3v) is 2.23. The Hall–Kier alpha value is -1.68. The number of aromatic nitrogens is 1. The van der Waals surface area contributed by atoms with Crippen molar-refractivity contribution in [2.75, 3.05) is 0 Å². The molecule has 0 saturated carbocycles. The highest BCUT2D eigenvalue weighted by Crippen LogP contribution is 2.27. The Labute approximate surface area is 86.2 Å². The largest absolute Gasteiger partial charge is 0.466 e. The van der Waals surface area contributed by atoms with E-state index in [4.69, 9.17) is 4.42 Å². The lowest BCUT2D eigenvalue weighted by Gasteiger charge is -2.19. The second-order valence-electron chi connectivity index (χ2n) is 3.41. The summed E-state index contributed by atoms with van der Waals surface area (Å²) in [5, 5.41) is 10.2. The minimum atomic E-state index is -1.34. The van der Waals surface area contributed by atoms with Crippen molar-refractivity contribution in [3.8, 4) is 0 Å². The van der Waals surface area contributed by atoms with Crippen molar-refractivity contribution in [1.82, 2.24) is 4.98 Å². The average molecular weight is 207 g/mol. The van der Waals surface area contributed by atoms with Gasteiger partial charge in [-0.3, -0.25) is 4.98 Å². The van der Waals surface area contributed by atoms with Crippen molar-refractivity contribution in [2.45, 2.75) is 12.5 Å². The highest BCUT2D eigenvalue weighted by Gasteiger charge is 2.29. The molecule has 2 heterocycles. The predicted molar refractivity (Wildman–Crippen MR) is 51.6 cm³/mol. The zero-order valence-electron chi connectivity index (χ0n) is 8.14. The van der Waals surface area contributed by atoms with Crippen molar-refractivity contribution < 1.29 is 13.9 Å². The van der Waals surface area contributed by atoms with Crippen LogP contribution in [0.3, 0.4) is 0 Å². The maximum atomic E-state index is 12.6. The van der Waals surface area contributed by atoms with Crippen LogP contribution in [0.5, 0.6) is 0 Å². The summed E-state index contributed by atoms with van der Waals surface area (Å²) >= 11 is 0. The summed E-state index contributed by atoms with van der Waals surface area (Å²) < 4.78 is 17.7. The van der Waals surface area contributed by atoms with Crippen LogP contribution < -0.4 is 0 Å². The first-order chi connectivity index (χ1) is 7.10. The molecule has 0 radical (unpaired) electrons. The van der Waals surface area contributed by atoms with Crippen molar-refractivity contribution >= 4 is 0 Å². The summed E-state index contributed by atoms with van der Waals surface area (Å²) in [6, 6.07) is 6.00. The molecule has 1 N–H and O–H groups in total. The van der Waals surface area contributed by atoms with Crippen LogP contribution in [0.15, 0.2) is 41.1 Å². The minimum absolute atomic E-state index is 0.346. The number of rotatable bonds is 2. The van der Waals surface area contributed by atoms with Gasteiger partial charge >= 0.3 is 0 Å². The smallest absolute Gasteiger partial charge is 0.161 e. The number of halogens is 1. The van der Waals surface area contributed by atoms with Gasteiger partial charge in [-0.05, 0) is 31.2 Å². The Morgan fingerprint density at radius 3 is 2.73 bits per heavy atom. The summed E-state index contributed by atoms with van der Waals surface area (Å²) in [5.41, 5.74) is -0.990. The van der Waals surface area contributed by atoms with Gasteiger partial charge in [-0.25, -0.2) is 4.39 Å². The standard InChI is InChI=1S/C11H10FNO2/c1-11(14,10-3-2-6-15-10)9-5-4-8(12)7-13-9/h2-7,14H,1H3. The first kappa shape index (κ1) is 9.86. The second-order valence-corrected chi connectivity index (χ2v) is 3.41. The van der Waals surface area contributed by atoms with Crippen LogP contribution in [0.4, 0.5) is 4.39 Å². The van der Waals surface area contributed by atoms with Crippen LogP contribution in [0.1, 0.15) is 18.4 Å². The fraction of sp³-hybridized carbons (Fsp3) is 0.182. The Bertz CT molecular complexity index is 434. The van der Waals surface area contributed by atoms with Gasteiger partial charge in [0.05, 0.1) is 18.2 Å². The van der Waals surface area contributed by atoms with Crippen molar-refractivity contribution in [1.29, 1.82) is 0 Å². The molecule has 2 aromatic rings. The summed E-state index contributed by atoms with van der Waals surface area (Å²) in [6.07, 6.45) is 2.53. The first-order valence-corrected chi connectivity index (χ1v) is 4.49. The normalized spacial score (nSPS) is 14.9. The Kier molecular flexibility index (Phi) is 2.28. The lowest BCUT2D eigenvalue weighted by atomic mass is 9.99. The molecular formula is C11H10FNO2. The minimum Gasteiger partial charge on any atom is -0.466 e. The van der Waals surface area contributed by atoms with E-state index >= 15 is 0 Å². The molecule has 2 aromatic heterocycles. The van der Waals surface area contributed by atoms with E-state index in [1.54, 1.807) is 19.1 Å². The van der Waals surface area contributed by atoms with Crippen molar-refractivity contribution in [2.24, 2.45) is 0 Å². The van der Waals surface area contributed by atoms with Gasteiger partial charge in [0.1, 0.15) is 11.6 Å². The first-order valence-electron chi connectivity index (χ1n) is 4.49. The zero-order chi connectivity index (χ0) is 10.9. The van der Waals surface area contributed by atoms with Gasteiger partial charge in [-0.15, -0.1) is 0 Å². The predicted octanol–water partition coefficient (Wildman–Crippen LogP) is 2.07. The van der Waals surface area contributed by atoms with Gasteiger partial charge in [0.2, 0.25) is 0 Å². The van der Waals surface area contributed by atoms with E-state index in [9.17, 15) is 9.50 Å². The molecule has 4 heteroatoms. The Morgan fingerprint density at radius 1 is 1.40 bits per heavy atom. The molecule has 1 atom stereocenters. The zero-order valence-corrected chi connectivity index (χ0v) is 8.14. The third kappa shape index (κ3) is 1.76. The fourth-order valence-corrected chi connectivity index (χ4v) is 1.35. The third-order valence-electron chi connectivity index (χ3n) is 2.23. The van der Waals surface area contributed by atoms with Crippen LogP contribution in [-0.4, -0.2) is 10.1 Å². The van der Waals surface area contributed by atoms with E-state index in [0.717, 1.165) is 6.20 Å². The lowest BCUT2D eigenvalue weighted by Crippen LogP contribution is -2.23. The molecule has 2 rings (SSSR count). The Morgan fingerprint density at radius 2 is 2.20 bits per heavy atom. The summed E-state index contributed by atoms with van der Waals surface area (Å²) in [7, 11) is 0. The van der Waals surface area contributed by atoms with E-state index in [-0.39, 0.29) is 0 Å². The molecule has 0 amide bonds. The van der Waals surface area contributed by atoms with E-state index in [2.05, 4.69) is 4.98 Å². The molecule has 1 unspecified atom stereocenters. The highest BCUT2D eigenvalue weighted by molar-refractivity contribution is 5.23. The van der Waals surface area contributed by atoms with Gasteiger partial charge < -0.3 is 9.52 Å². The summed E-state index contributed by atoms with van der Waals surface area (Å²) in [4.78, 5) is 3.82. The number of nitrogens with zero attached hydrogens (tertiary/aromatic N) is 1. The average Bonchev–Trinajstić information content (AvgIpc) is 2.71. The fourth-order valence-electron chi connectivity index (χ4n) is 1.35. The number of hydrogen-bond donors (Lipinski definition) is 1. The SMILES string of the molecule is CC(O)(c1ccc(F)cn1)c1ccco1. The van der Waals surface area contributed by atoms with Gasteiger partial charge in [0, 0.05) is 0 Å². The molecule has 0 aromatic carbocycles. The molecule has 0 bridgehead atoms. The molecule has 0 aliphatic heterocycles. The van der Waals surface area contributed by atoms with E-state index in [1.165, 1.54) is 18.4 Å². The van der Waals surface area contributed by atoms with Crippen LogP contribution >= 0.6 is 0 Å². The molecule has 0 fully saturated rings. The van der Waals surface area contributed by atoms with Crippen LogP contribution in [-0.2, 0) is 5.60 Å². The number of furan rings is 1. The topological polar surface area (TPSA) is 46.3 Å². The van der Waals surface area contributed by atoms with Gasteiger partial charge in [-0.1, -0.05) is 0 Å². The second kappa shape index (κ2) is 3.47. The van der Waals surface area contributed by atoms with Crippen LogP contribution in [0.2, 0.25) is 0 Å². The quantitative estimate of drug-likeness (QED) is 0.819. The maximum Gasteiger partial charge on any atom is 0.161 e. The van der Waals surface area contributed by atoms with E-state index < -0.39 is 11.4 Å². The molecule has 0 aliphatic rings. The molecule has 3 nitrogen and oxygen atoms in total. The van der Waals surface area contributed by atoms with Gasteiger partial charge in [0.15, 0.2) is 5.60 Å². The monoisotopic (exact) mass is 207 g/mol.